The molecule has 0 radical (unpaired) electrons. The molecule has 1 aromatic carbocycles. The Kier molecular flexibility index (Phi) is 3.53. The summed E-state index contributed by atoms with van der Waals surface area (Å²) in [5.41, 5.74) is 0.583. The number of benzene rings is 1. The van der Waals surface area contributed by atoms with E-state index in [2.05, 4.69) is 0 Å². The molecule has 96 valence electrons. The van der Waals surface area contributed by atoms with Crippen molar-refractivity contribution in [2.45, 2.75) is 13.5 Å². The molecule has 0 amide bonds. The van der Waals surface area contributed by atoms with Crippen molar-refractivity contribution in [2.24, 2.45) is 0 Å². The van der Waals surface area contributed by atoms with E-state index in [1.165, 1.54) is 4.73 Å². The Bertz CT molecular complexity index is 618. The number of hydrogen-bond acceptors (Lipinski definition) is 4. The normalized spacial score (nSPS) is 10.6. The van der Waals surface area contributed by atoms with Gasteiger partial charge in [0.1, 0.15) is 12.4 Å². The highest BCUT2D eigenvalue weighted by molar-refractivity contribution is 5.81. The van der Waals surface area contributed by atoms with Gasteiger partial charge in [0.15, 0.2) is 0 Å². The molecule has 0 fully saturated rings. The van der Waals surface area contributed by atoms with Crippen LogP contribution in [-0.4, -0.2) is 23.6 Å². The fourth-order valence-corrected chi connectivity index (χ4v) is 1.81. The summed E-state index contributed by atoms with van der Waals surface area (Å²) in [4.78, 5) is 17.4. The summed E-state index contributed by atoms with van der Waals surface area (Å²) in [7, 11) is 1.56. The number of nitrogens with zero attached hydrogens (tertiary/aromatic N) is 1. The van der Waals surface area contributed by atoms with E-state index in [1.807, 2.05) is 6.07 Å². The van der Waals surface area contributed by atoms with Gasteiger partial charge in [0, 0.05) is 17.0 Å². The van der Waals surface area contributed by atoms with Gasteiger partial charge < -0.3 is 14.7 Å². The lowest BCUT2D eigenvalue weighted by atomic mass is 10.1. The minimum absolute atomic E-state index is 0.307. The highest BCUT2D eigenvalue weighted by Crippen LogP contribution is 2.20. The molecule has 0 aliphatic rings. The maximum Gasteiger partial charge on any atom is 0.289 e. The summed E-state index contributed by atoms with van der Waals surface area (Å²) in [6.07, 6.45) is 0. The number of methoxy groups -OCH3 is 1. The Hall–Kier alpha value is -2.01. The predicted octanol–water partition coefficient (Wildman–Crippen LogP) is 0.951. The molecule has 18 heavy (non-hydrogen) atoms. The second-order valence-electron chi connectivity index (χ2n) is 3.77. The van der Waals surface area contributed by atoms with Crippen LogP contribution in [0.1, 0.15) is 12.5 Å². The molecule has 0 aliphatic heterocycles. The van der Waals surface area contributed by atoms with Gasteiger partial charge in [-0.25, -0.2) is 0 Å². The zero-order valence-electron chi connectivity index (χ0n) is 10.3. The van der Waals surface area contributed by atoms with Crippen LogP contribution in [0.15, 0.2) is 29.1 Å². The van der Waals surface area contributed by atoms with Gasteiger partial charge in [-0.3, -0.25) is 4.79 Å². The van der Waals surface area contributed by atoms with Gasteiger partial charge in [-0.1, -0.05) is 0 Å². The number of aliphatic hydroxyl groups is 1. The molecule has 0 spiro atoms. The third-order valence-electron chi connectivity index (χ3n) is 2.67. The van der Waals surface area contributed by atoms with E-state index in [-0.39, 0.29) is 12.2 Å². The first-order chi connectivity index (χ1) is 8.71. The summed E-state index contributed by atoms with van der Waals surface area (Å²) in [6, 6.07) is 7.01. The van der Waals surface area contributed by atoms with Crippen LogP contribution in [0, 0.1) is 0 Å². The van der Waals surface area contributed by atoms with E-state index in [0.717, 1.165) is 5.39 Å². The average Bonchev–Trinajstić information content (AvgIpc) is 2.41. The Morgan fingerprint density at radius 3 is 2.72 bits per heavy atom. The van der Waals surface area contributed by atoms with Crippen molar-refractivity contribution in [1.82, 2.24) is 4.73 Å². The molecule has 2 aromatic rings. The summed E-state index contributed by atoms with van der Waals surface area (Å²) in [5, 5.41) is 9.99. The van der Waals surface area contributed by atoms with Crippen molar-refractivity contribution < 1.29 is 14.7 Å². The van der Waals surface area contributed by atoms with Crippen LogP contribution >= 0.6 is 0 Å². The highest BCUT2D eigenvalue weighted by Gasteiger charge is 2.10. The third-order valence-corrected chi connectivity index (χ3v) is 2.67. The van der Waals surface area contributed by atoms with Crippen molar-refractivity contribution in [1.29, 1.82) is 0 Å². The topological polar surface area (TPSA) is 60.7 Å². The lowest BCUT2D eigenvalue weighted by Gasteiger charge is -2.12. The quantitative estimate of drug-likeness (QED) is 0.876. The molecule has 1 N–H and O–H groups in total. The Balaban J connectivity index is 2.78. The van der Waals surface area contributed by atoms with Gasteiger partial charge in [-0.05, 0) is 25.1 Å². The van der Waals surface area contributed by atoms with Gasteiger partial charge in [0.2, 0.25) is 0 Å². The molecule has 0 bridgehead atoms. The maximum absolute atomic E-state index is 12.0. The first-order valence-corrected chi connectivity index (χ1v) is 5.68. The van der Waals surface area contributed by atoms with Gasteiger partial charge >= 0.3 is 0 Å². The molecule has 0 unspecified atom stereocenters. The Morgan fingerprint density at radius 1 is 1.33 bits per heavy atom. The first-order valence-electron chi connectivity index (χ1n) is 5.68. The van der Waals surface area contributed by atoms with Crippen molar-refractivity contribution in [3.05, 3.63) is 40.2 Å². The molecule has 0 saturated heterocycles. The molecule has 1 aromatic heterocycles. The fourth-order valence-electron chi connectivity index (χ4n) is 1.81. The second-order valence-corrected chi connectivity index (χ2v) is 3.77. The third kappa shape index (κ3) is 2.04. The Labute approximate surface area is 104 Å². The van der Waals surface area contributed by atoms with Gasteiger partial charge in [-0.15, -0.1) is 4.73 Å². The van der Waals surface area contributed by atoms with E-state index in [9.17, 15) is 9.90 Å². The molecule has 1 heterocycles. The van der Waals surface area contributed by atoms with Crippen molar-refractivity contribution in [3.8, 4) is 5.75 Å². The van der Waals surface area contributed by atoms with E-state index < -0.39 is 0 Å². The Morgan fingerprint density at radius 2 is 2.11 bits per heavy atom. The number of aromatic nitrogens is 1. The number of pyridine rings is 1. The number of aliphatic hydroxyl groups excluding tert-OH is 1. The summed E-state index contributed by atoms with van der Waals surface area (Å²) < 4.78 is 6.33. The molecule has 5 heteroatoms. The van der Waals surface area contributed by atoms with Crippen molar-refractivity contribution in [2.75, 3.05) is 13.7 Å². The van der Waals surface area contributed by atoms with Crippen LogP contribution in [0.3, 0.4) is 0 Å². The number of fused-ring (bicyclic) bond motifs is 1. The molecule has 0 atom stereocenters. The second kappa shape index (κ2) is 5.10. The van der Waals surface area contributed by atoms with Gasteiger partial charge in [0.05, 0.1) is 19.2 Å². The first kappa shape index (κ1) is 12.4. The standard InChI is InChI=1S/C13H15NO4/c1-3-18-14-12-7-11(17-2)5-4-9(12)6-10(8-15)13(14)16/h4-7,15H,3,8H2,1-2H3. The number of ether oxygens (including phenoxy) is 1. The van der Waals surface area contributed by atoms with Crippen molar-refractivity contribution in [3.63, 3.8) is 0 Å². The lowest BCUT2D eigenvalue weighted by molar-refractivity contribution is 0.121. The molecule has 0 saturated carbocycles. The number of rotatable bonds is 4. The average molecular weight is 249 g/mol. The summed E-state index contributed by atoms with van der Waals surface area (Å²) in [5.74, 6) is 0.645. The van der Waals surface area contributed by atoms with E-state index in [0.29, 0.717) is 23.4 Å². The zero-order chi connectivity index (χ0) is 13.1. The molecular formula is C13H15NO4. The molecule has 0 aliphatic carbocycles. The minimum Gasteiger partial charge on any atom is -0.497 e. The largest absolute Gasteiger partial charge is 0.497 e. The molecule has 5 nitrogen and oxygen atoms in total. The monoisotopic (exact) mass is 249 g/mol. The highest BCUT2D eigenvalue weighted by atomic mass is 16.7. The van der Waals surface area contributed by atoms with Crippen LogP contribution in [0.25, 0.3) is 10.9 Å². The summed E-state index contributed by atoms with van der Waals surface area (Å²) >= 11 is 0. The predicted molar refractivity (Wildman–Crippen MR) is 67.8 cm³/mol. The van der Waals surface area contributed by atoms with Crippen LogP contribution in [-0.2, 0) is 6.61 Å². The van der Waals surface area contributed by atoms with Gasteiger partial charge in [-0.2, -0.15) is 0 Å². The zero-order valence-corrected chi connectivity index (χ0v) is 10.3. The minimum atomic E-state index is -0.347. The lowest BCUT2D eigenvalue weighted by Crippen LogP contribution is -2.29. The molecule has 2 rings (SSSR count). The van der Waals surface area contributed by atoms with Crippen molar-refractivity contribution >= 4 is 10.9 Å². The van der Waals surface area contributed by atoms with E-state index in [4.69, 9.17) is 9.57 Å². The smallest absolute Gasteiger partial charge is 0.289 e. The van der Waals surface area contributed by atoms with Crippen LogP contribution in [0.2, 0.25) is 0 Å². The SMILES string of the molecule is CCOn1c(=O)c(CO)cc2ccc(OC)cc21. The van der Waals surface area contributed by atoms with Crippen LogP contribution in [0.5, 0.6) is 5.75 Å². The van der Waals surface area contributed by atoms with Gasteiger partial charge in [0.25, 0.3) is 5.56 Å². The maximum atomic E-state index is 12.0. The number of hydrogen-bond donors (Lipinski definition) is 1. The van der Waals surface area contributed by atoms with E-state index in [1.54, 1.807) is 32.2 Å². The van der Waals surface area contributed by atoms with Crippen LogP contribution in [0.4, 0.5) is 0 Å². The summed E-state index contributed by atoms with van der Waals surface area (Å²) in [6.45, 7) is 1.85. The van der Waals surface area contributed by atoms with Crippen LogP contribution < -0.4 is 15.1 Å². The van der Waals surface area contributed by atoms with E-state index >= 15 is 0 Å². The molecular weight excluding hydrogens is 234 g/mol. The fraction of sp³-hybridized carbons (Fsp3) is 0.308.